The van der Waals surface area contributed by atoms with Gasteiger partial charge in [0.1, 0.15) is 5.75 Å². The van der Waals surface area contributed by atoms with Gasteiger partial charge in [0.05, 0.1) is 4.92 Å². The number of nitrogens with zero attached hydrogens (tertiary/aromatic N) is 3. The zero-order valence-corrected chi connectivity index (χ0v) is 18.3. The quantitative estimate of drug-likeness (QED) is 0.457. The number of fused-ring (bicyclic) bond motifs is 3. The third-order valence-corrected chi connectivity index (χ3v) is 6.62. The maximum atomic E-state index is 12.7. The highest BCUT2D eigenvalue weighted by Gasteiger charge is 2.23. The van der Waals surface area contributed by atoms with Crippen LogP contribution in [0, 0.1) is 10.1 Å². The van der Waals surface area contributed by atoms with Crippen molar-refractivity contribution in [2.75, 3.05) is 37.7 Å². The van der Waals surface area contributed by atoms with Crippen LogP contribution in [0.5, 0.6) is 5.75 Å². The fraction of sp³-hybridized carbons (Fsp3) is 0.375. The summed E-state index contributed by atoms with van der Waals surface area (Å²) in [6.07, 6.45) is 2.82. The number of H-pyrrole nitrogens is 1. The molecule has 5 rings (SSSR count). The van der Waals surface area contributed by atoms with Crippen molar-refractivity contribution in [3.63, 3.8) is 0 Å². The Morgan fingerprint density at radius 2 is 1.91 bits per heavy atom. The number of aryl methyl sites for hydroxylation is 1. The van der Waals surface area contributed by atoms with Crippen molar-refractivity contribution in [3.8, 4) is 5.75 Å². The number of anilines is 1. The van der Waals surface area contributed by atoms with Gasteiger partial charge in [-0.3, -0.25) is 14.9 Å². The van der Waals surface area contributed by atoms with Gasteiger partial charge in [-0.15, -0.1) is 0 Å². The van der Waals surface area contributed by atoms with E-state index in [9.17, 15) is 14.9 Å². The van der Waals surface area contributed by atoms with Gasteiger partial charge in [0, 0.05) is 66.6 Å². The van der Waals surface area contributed by atoms with Crippen LogP contribution >= 0.6 is 0 Å². The lowest BCUT2D eigenvalue weighted by molar-refractivity contribution is -0.384. The van der Waals surface area contributed by atoms with Gasteiger partial charge in [0.2, 0.25) is 0 Å². The van der Waals surface area contributed by atoms with Crippen LogP contribution in [-0.4, -0.2) is 59.5 Å². The highest BCUT2D eigenvalue weighted by atomic mass is 16.6. The van der Waals surface area contributed by atoms with Gasteiger partial charge >= 0.3 is 0 Å². The molecule has 1 aliphatic heterocycles. The molecule has 0 radical (unpaired) electrons. The molecule has 33 heavy (non-hydrogen) atoms. The van der Waals surface area contributed by atoms with Crippen molar-refractivity contribution in [1.82, 2.24) is 9.88 Å². The van der Waals surface area contributed by atoms with Crippen molar-refractivity contribution in [1.29, 1.82) is 0 Å². The number of nitrogens with one attached hydrogen (secondary N) is 1. The molecule has 1 aromatic heterocycles. The van der Waals surface area contributed by atoms with Gasteiger partial charge in [-0.05, 0) is 55.2 Å². The summed E-state index contributed by atoms with van der Waals surface area (Å²) in [6.45, 7) is 2.51. The highest BCUT2D eigenvalue weighted by molar-refractivity contribution is 5.86. The first-order valence-electron chi connectivity index (χ1n) is 11.3. The first kappa shape index (κ1) is 21.3. The summed E-state index contributed by atoms with van der Waals surface area (Å²) in [5.41, 5.74) is 10.8. The number of aromatic nitrogens is 1. The topological polar surface area (TPSA) is 118 Å². The summed E-state index contributed by atoms with van der Waals surface area (Å²) >= 11 is 0. The number of rotatable bonds is 5. The zero-order valence-electron chi connectivity index (χ0n) is 18.3. The summed E-state index contributed by atoms with van der Waals surface area (Å²) < 4.78 is 5.85. The minimum absolute atomic E-state index is 0.00480. The maximum Gasteiger partial charge on any atom is 0.269 e. The van der Waals surface area contributed by atoms with Gasteiger partial charge in [-0.2, -0.15) is 0 Å². The fourth-order valence-corrected chi connectivity index (χ4v) is 4.75. The maximum absolute atomic E-state index is 12.7. The van der Waals surface area contributed by atoms with Crippen LogP contribution in [0.4, 0.5) is 11.4 Å². The average Bonchev–Trinajstić information content (AvgIpc) is 3.20. The molecule has 9 heteroatoms. The molecule has 1 atom stereocenters. The number of hydrogen-bond acceptors (Lipinski definition) is 6. The van der Waals surface area contributed by atoms with Crippen LogP contribution in [0.1, 0.15) is 17.7 Å². The third kappa shape index (κ3) is 4.36. The van der Waals surface area contributed by atoms with Crippen LogP contribution in [-0.2, 0) is 17.6 Å². The van der Waals surface area contributed by atoms with Crippen molar-refractivity contribution < 1.29 is 14.5 Å². The summed E-state index contributed by atoms with van der Waals surface area (Å²) in [4.78, 5) is 30.5. The molecule has 1 fully saturated rings. The molecule has 2 aromatic carbocycles. The molecule has 3 aromatic rings. The molecular weight excluding hydrogens is 422 g/mol. The van der Waals surface area contributed by atoms with E-state index in [1.807, 2.05) is 18.2 Å². The Hall–Kier alpha value is -3.59. The molecule has 1 unspecified atom stereocenters. The number of ether oxygens (including phenoxy) is 1. The Morgan fingerprint density at radius 1 is 1.15 bits per heavy atom. The second-order valence-electron chi connectivity index (χ2n) is 8.72. The van der Waals surface area contributed by atoms with Crippen LogP contribution < -0.4 is 15.4 Å². The van der Waals surface area contributed by atoms with E-state index in [0.717, 1.165) is 35.9 Å². The van der Waals surface area contributed by atoms with Gasteiger partial charge < -0.3 is 25.3 Å². The predicted molar refractivity (Wildman–Crippen MR) is 126 cm³/mol. The van der Waals surface area contributed by atoms with E-state index in [1.165, 1.54) is 23.4 Å². The highest BCUT2D eigenvalue weighted by Crippen LogP contribution is 2.31. The number of nitrogens with two attached hydrogens (primary N) is 1. The summed E-state index contributed by atoms with van der Waals surface area (Å²) in [7, 11) is 0. The van der Waals surface area contributed by atoms with Crippen molar-refractivity contribution in [2.24, 2.45) is 5.73 Å². The van der Waals surface area contributed by atoms with E-state index in [2.05, 4.69) is 9.88 Å². The number of nitro groups is 1. The van der Waals surface area contributed by atoms with E-state index in [-0.39, 0.29) is 24.2 Å². The number of benzene rings is 2. The number of amides is 1. The molecule has 1 aliphatic carbocycles. The number of piperazine rings is 1. The number of nitro benzene ring substituents is 1. The minimum atomic E-state index is -0.405. The largest absolute Gasteiger partial charge is 0.484 e. The van der Waals surface area contributed by atoms with E-state index in [1.54, 1.807) is 17.0 Å². The Kier molecular flexibility index (Phi) is 5.63. The summed E-state index contributed by atoms with van der Waals surface area (Å²) in [5, 5.41) is 12.0. The average molecular weight is 450 g/mol. The normalized spacial score (nSPS) is 18.3. The lowest BCUT2D eigenvalue weighted by Crippen LogP contribution is -2.50. The first-order valence-corrected chi connectivity index (χ1v) is 11.3. The van der Waals surface area contributed by atoms with E-state index in [4.69, 9.17) is 10.5 Å². The standard InChI is InChI=1S/C24H27N5O4/c25-16-1-7-22-20(13-16)21-14-19(6-8-23(21)26-22)33-15-24(30)28-11-9-27(10-12-28)17-2-4-18(5-3-17)29(31)32/h2-6,8,14,16,26H,1,7,9-13,15,25H2. The molecule has 9 nitrogen and oxygen atoms in total. The second-order valence-corrected chi connectivity index (χ2v) is 8.72. The van der Waals surface area contributed by atoms with Gasteiger partial charge in [-0.1, -0.05) is 0 Å². The molecule has 1 saturated heterocycles. The first-order chi connectivity index (χ1) is 16.0. The number of hydrogen-bond donors (Lipinski definition) is 2. The smallest absolute Gasteiger partial charge is 0.269 e. The van der Waals surface area contributed by atoms with E-state index in [0.29, 0.717) is 31.9 Å². The monoisotopic (exact) mass is 449 g/mol. The minimum Gasteiger partial charge on any atom is -0.484 e. The van der Waals surface area contributed by atoms with E-state index >= 15 is 0 Å². The van der Waals surface area contributed by atoms with Gasteiger partial charge in [0.25, 0.3) is 11.6 Å². The molecule has 0 bridgehead atoms. The zero-order chi connectivity index (χ0) is 22.9. The lowest BCUT2D eigenvalue weighted by Gasteiger charge is -2.36. The van der Waals surface area contributed by atoms with Gasteiger partial charge in [0.15, 0.2) is 6.61 Å². The second kappa shape index (κ2) is 8.74. The van der Waals surface area contributed by atoms with Crippen LogP contribution in [0.25, 0.3) is 10.9 Å². The Morgan fingerprint density at radius 3 is 2.64 bits per heavy atom. The fourth-order valence-electron chi connectivity index (χ4n) is 4.75. The van der Waals surface area contributed by atoms with Crippen molar-refractivity contribution in [3.05, 3.63) is 63.8 Å². The SMILES string of the molecule is NC1CCc2[nH]c3ccc(OCC(=O)N4CCN(c5ccc([N+](=O)[O-])cc5)CC4)cc3c2C1. The molecule has 1 amide bonds. The van der Waals surface area contributed by atoms with Crippen LogP contribution in [0.15, 0.2) is 42.5 Å². The molecule has 0 spiro atoms. The van der Waals surface area contributed by atoms with Crippen molar-refractivity contribution >= 4 is 28.2 Å². The number of non-ortho nitro benzene ring substituents is 1. The molecule has 172 valence electrons. The Labute approximate surface area is 191 Å². The van der Waals surface area contributed by atoms with Crippen LogP contribution in [0.2, 0.25) is 0 Å². The van der Waals surface area contributed by atoms with Crippen molar-refractivity contribution in [2.45, 2.75) is 25.3 Å². The molecule has 3 N–H and O–H groups in total. The summed E-state index contributed by atoms with van der Waals surface area (Å²) in [6, 6.07) is 12.6. The Bertz CT molecular complexity index is 1180. The molecule has 2 aliphatic rings. The van der Waals surface area contributed by atoms with E-state index < -0.39 is 4.92 Å². The number of carbonyl (C=O) groups is 1. The molecular formula is C24H27N5O4. The predicted octanol–water partition coefficient (Wildman–Crippen LogP) is 2.62. The number of aromatic amines is 1. The third-order valence-electron chi connectivity index (χ3n) is 6.62. The molecule has 0 saturated carbocycles. The van der Waals surface area contributed by atoms with Gasteiger partial charge in [-0.25, -0.2) is 0 Å². The Balaban J connectivity index is 1.17. The number of carbonyl (C=O) groups excluding carboxylic acids is 1. The summed E-state index contributed by atoms with van der Waals surface area (Å²) in [5.74, 6) is 0.637. The lowest BCUT2D eigenvalue weighted by atomic mass is 9.92. The molecule has 2 heterocycles. The van der Waals surface area contributed by atoms with Crippen LogP contribution in [0.3, 0.4) is 0 Å².